The molecule has 2 aliphatic heterocycles. The number of carbonyl (C=O) groups is 1. The highest BCUT2D eigenvalue weighted by Crippen LogP contribution is 2.38. The fourth-order valence-corrected chi connectivity index (χ4v) is 4.17. The average Bonchev–Trinajstić information content (AvgIpc) is 3.29. The van der Waals surface area contributed by atoms with E-state index in [1.54, 1.807) is 29.2 Å². The number of amides is 1. The van der Waals surface area contributed by atoms with Crippen molar-refractivity contribution in [3.8, 4) is 0 Å². The van der Waals surface area contributed by atoms with Gasteiger partial charge in [0.25, 0.3) is 5.91 Å². The van der Waals surface area contributed by atoms with E-state index >= 15 is 0 Å². The Bertz CT molecular complexity index is 1130. The van der Waals surface area contributed by atoms with Crippen LogP contribution in [0, 0.1) is 6.92 Å². The second-order valence-electron chi connectivity index (χ2n) is 7.47. The van der Waals surface area contributed by atoms with Crippen molar-refractivity contribution >= 4 is 16.9 Å². The molecule has 0 N–H and O–H groups in total. The Hall–Kier alpha value is -2.90. The lowest BCUT2D eigenvalue weighted by molar-refractivity contribution is 0.0309. The molecule has 1 fully saturated rings. The van der Waals surface area contributed by atoms with Gasteiger partial charge >= 0.3 is 0 Å². The highest BCUT2D eigenvalue weighted by molar-refractivity contribution is 5.98. The van der Waals surface area contributed by atoms with Crippen LogP contribution in [0.3, 0.4) is 0 Å². The maximum atomic E-state index is 13.3. The Balaban J connectivity index is 1.58. The van der Waals surface area contributed by atoms with Gasteiger partial charge in [0, 0.05) is 26.2 Å². The number of fused-ring (bicyclic) bond motifs is 2. The van der Waals surface area contributed by atoms with Crippen LogP contribution < -0.4 is 5.43 Å². The van der Waals surface area contributed by atoms with Crippen molar-refractivity contribution < 1.29 is 18.4 Å². The second-order valence-corrected chi connectivity index (χ2v) is 7.47. The molecular formula is C22H22N2O5. The smallest absolute Gasteiger partial charge is 0.291 e. The molecule has 2 aromatic heterocycles. The Labute approximate surface area is 167 Å². The lowest BCUT2D eigenvalue weighted by Gasteiger charge is -2.30. The molecule has 0 spiro atoms. The van der Waals surface area contributed by atoms with E-state index in [1.165, 1.54) is 0 Å². The third-order valence-corrected chi connectivity index (χ3v) is 5.66. The van der Waals surface area contributed by atoms with Gasteiger partial charge in [-0.3, -0.25) is 14.5 Å². The zero-order chi connectivity index (χ0) is 20.0. The number of carbonyl (C=O) groups excluding carboxylic acids is 1. The topological polar surface area (TPSA) is 76.1 Å². The minimum Gasteiger partial charge on any atom is -0.464 e. The highest BCUT2D eigenvalue weighted by Gasteiger charge is 2.44. The predicted octanol–water partition coefficient (Wildman–Crippen LogP) is 2.57. The van der Waals surface area contributed by atoms with Crippen LogP contribution in [0.5, 0.6) is 0 Å². The van der Waals surface area contributed by atoms with Gasteiger partial charge in [-0.15, -0.1) is 0 Å². The third kappa shape index (κ3) is 3.07. The number of hydrogen-bond donors (Lipinski definition) is 0. The Kier molecular flexibility index (Phi) is 4.49. The number of nitrogens with zero attached hydrogens (tertiary/aromatic N) is 2. The van der Waals surface area contributed by atoms with Crippen LogP contribution in [0.1, 0.15) is 33.7 Å². The zero-order valence-corrected chi connectivity index (χ0v) is 16.2. The number of aryl methyl sites for hydroxylation is 1. The summed E-state index contributed by atoms with van der Waals surface area (Å²) in [4.78, 5) is 30.5. The SMILES string of the molecule is Cc1ccc(C2c3c(oc4ccccc4c3=O)C(=O)N2CCN2CCOCC2)o1. The van der Waals surface area contributed by atoms with Gasteiger partial charge in [0.05, 0.1) is 24.2 Å². The van der Waals surface area contributed by atoms with Crippen LogP contribution in [-0.4, -0.2) is 55.1 Å². The molecule has 0 bridgehead atoms. The van der Waals surface area contributed by atoms with Crippen LogP contribution in [-0.2, 0) is 4.74 Å². The summed E-state index contributed by atoms with van der Waals surface area (Å²) in [5.74, 6) is 1.17. The maximum absolute atomic E-state index is 13.3. The molecule has 5 rings (SSSR count). The van der Waals surface area contributed by atoms with E-state index < -0.39 is 6.04 Å². The summed E-state index contributed by atoms with van der Waals surface area (Å²) in [6.07, 6.45) is 0. The predicted molar refractivity (Wildman–Crippen MR) is 106 cm³/mol. The van der Waals surface area contributed by atoms with Crippen LogP contribution in [0.4, 0.5) is 0 Å². The summed E-state index contributed by atoms with van der Waals surface area (Å²) in [6.45, 7) is 6.08. The first-order valence-electron chi connectivity index (χ1n) is 9.86. The minimum absolute atomic E-state index is 0.120. The van der Waals surface area contributed by atoms with Gasteiger partial charge in [-0.05, 0) is 31.2 Å². The third-order valence-electron chi connectivity index (χ3n) is 5.66. The molecule has 150 valence electrons. The number of morpholine rings is 1. The quantitative estimate of drug-likeness (QED) is 0.677. The minimum atomic E-state index is -0.576. The first-order chi connectivity index (χ1) is 14.1. The van der Waals surface area contributed by atoms with E-state index in [9.17, 15) is 9.59 Å². The molecule has 0 radical (unpaired) electrons. The number of hydrogen-bond acceptors (Lipinski definition) is 6. The summed E-state index contributed by atoms with van der Waals surface area (Å²) in [5, 5.41) is 0.474. The lowest BCUT2D eigenvalue weighted by Crippen LogP contribution is -2.42. The summed E-state index contributed by atoms with van der Waals surface area (Å²) in [5.41, 5.74) is 0.613. The molecule has 1 amide bonds. The first kappa shape index (κ1) is 18.1. The molecule has 4 heterocycles. The van der Waals surface area contributed by atoms with Crippen molar-refractivity contribution in [1.82, 2.24) is 9.80 Å². The highest BCUT2D eigenvalue weighted by atomic mass is 16.5. The molecule has 7 heteroatoms. The largest absolute Gasteiger partial charge is 0.464 e. The molecule has 1 atom stereocenters. The van der Waals surface area contributed by atoms with Gasteiger partial charge in [-0.2, -0.15) is 0 Å². The zero-order valence-electron chi connectivity index (χ0n) is 16.2. The maximum Gasteiger partial charge on any atom is 0.291 e. The fourth-order valence-electron chi connectivity index (χ4n) is 4.17. The van der Waals surface area contributed by atoms with Crippen molar-refractivity contribution in [2.75, 3.05) is 39.4 Å². The van der Waals surface area contributed by atoms with Gasteiger partial charge in [0.1, 0.15) is 23.1 Å². The molecule has 1 aromatic carbocycles. The number of rotatable bonds is 4. The Morgan fingerprint density at radius 3 is 2.55 bits per heavy atom. The van der Waals surface area contributed by atoms with Crippen molar-refractivity contribution in [2.24, 2.45) is 0 Å². The summed E-state index contributed by atoms with van der Waals surface area (Å²) in [7, 11) is 0. The van der Waals surface area contributed by atoms with E-state index in [0.29, 0.717) is 48.6 Å². The second kappa shape index (κ2) is 7.17. The average molecular weight is 394 g/mol. The van der Waals surface area contributed by atoms with Crippen molar-refractivity contribution in [3.63, 3.8) is 0 Å². The lowest BCUT2D eigenvalue weighted by atomic mass is 10.0. The standard InChI is InChI=1S/C22H22N2O5/c1-14-6-7-17(28-14)19-18-20(25)15-4-2-3-5-16(15)29-21(18)22(26)24(19)9-8-23-10-12-27-13-11-23/h2-7,19H,8-13H2,1H3. The first-order valence-corrected chi connectivity index (χ1v) is 9.86. The molecule has 1 saturated heterocycles. The van der Waals surface area contributed by atoms with E-state index in [1.807, 2.05) is 19.1 Å². The van der Waals surface area contributed by atoms with E-state index in [-0.39, 0.29) is 17.1 Å². The van der Waals surface area contributed by atoms with Crippen molar-refractivity contribution in [1.29, 1.82) is 0 Å². The normalized spacial score (nSPS) is 19.8. The molecule has 0 aliphatic carbocycles. The van der Waals surface area contributed by atoms with Crippen LogP contribution >= 0.6 is 0 Å². The van der Waals surface area contributed by atoms with Gasteiger partial charge in [-0.1, -0.05) is 12.1 Å². The van der Waals surface area contributed by atoms with E-state index in [0.717, 1.165) is 18.8 Å². The van der Waals surface area contributed by atoms with Gasteiger partial charge in [0.2, 0.25) is 5.76 Å². The number of furan rings is 1. The monoisotopic (exact) mass is 394 g/mol. The Morgan fingerprint density at radius 2 is 1.79 bits per heavy atom. The van der Waals surface area contributed by atoms with Crippen LogP contribution in [0.25, 0.3) is 11.0 Å². The number of para-hydroxylation sites is 1. The molecule has 29 heavy (non-hydrogen) atoms. The van der Waals surface area contributed by atoms with Crippen molar-refractivity contribution in [2.45, 2.75) is 13.0 Å². The number of ether oxygens (including phenoxy) is 1. The van der Waals surface area contributed by atoms with Crippen molar-refractivity contribution in [3.05, 3.63) is 69.5 Å². The molecule has 0 saturated carbocycles. The molecule has 3 aromatic rings. The van der Waals surface area contributed by atoms with Gasteiger partial charge < -0.3 is 18.5 Å². The Morgan fingerprint density at radius 1 is 1.00 bits per heavy atom. The molecule has 1 unspecified atom stereocenters. The molecule has 2 aliphatic rings. The summed E-state index contributed by atoms with van der Waals surface area (Å²) < 4.78 is 17.2. The van der Waals surface area contributed by atoms with Crippen LogP contribution in [0.15, 0.2) is 50.0 Å². The molecular weight excluding hydrogens is 372 g/mol. The van der Waals surface area contributed by atoms with Crippen LogP contribution in [0.2, 0.25) is 0 Å². The summed E-state index contributed by atoms with van der Waals surface area (Å²) >= 11 is 0. The van der Waals surface area contributed by atoms with E-state index in [2.05, 4.69) is 4.90 Å². The molecule has 7 nitrogen and oxygen atoms in total. The number of benzene rings is 1. The fraction of sp³-hybridized carbons (Fsp3) is 0.364. The van der Waals surface area contributed by atoms with Gasteiger partial charge in [-0.25, -0.2) is 0 Å². The van der Waals surface area contributed by atoms with E-state index in [4.69, 9.17) is 13.6 Å². The summed E-state index contributed by atoms with van der Waals surface area (Å²) in [6, 6.07) is 10.1. The van der Waals surface area contributed by atoms with Gasteiger partial charge in [0.15, 0.2) is 5.43 Å².